The molecule has 5 heteroatoms. The zero-order valence-corrected chi connectivity index (χ0v) is 12.3. The van der Waals surface area contributed by atoms with Crippen LogP contribution in [0.4, 0.5) is 0 Å². The second-order valence-electron chi connectivity index (χ2n) is 4.09. The molecule has 104 valence electrons. The van der Waals surface area contributed by atoms with Gasteiger partial charge in [-0.05, 0) is 46.3 Å². The maximum absolute atomic E-state index is 12.0. The zero-order valence-electron chi connectivity index (χ0n) is 10.7. The van der Waals surface area contributed by atoms with Crippen molar-refractivity contribution in [3.05, 3.63) is 59.7 Å². The van der Waals surface area contributed by atoms with Crippen molar-refractivity contribution >= 4 is 21.8 Å². The summed E-state index contributed by atoms with van der Waals surface area (Å²) in [7, 11) is 0. The third kappa shape index (κ3) is 3.74. The third-order valence-corrected chi connectivity index (χ3v) is 3.00. The summed E-state index contributed by atoms with van der Waals surface area (Å²) >= 11 is 3.17. The van der Waals surface area contributed by atoms with E-state index >= 15 is 0 Å². The fourth-order valence-electron chi connectivity index (χ4n) is 1.70. The first-order valence-corrected chi connectivity index (χ1v) is 7.17. The molecule has 2 aromatic rings. The largest absolute Gasteiger partial charge is 0.508 e. The summed E-state index contributed by atoms with van der Waals surface area (Å²) in [5.74, 6) is 0.673. The van der Waals surface area contributed by atoms with E-state index in [1.54, 1.807) is 42.5 Å². The molecule has 0 spiro atoms. The normalized spacial score (nSPS) is 10.1. The van der Waals surface area contributed by atoms with Gasteiger partial charge in [-0.1, -0.05) is 18.2 Å². The number of aromatic hydroxyl groups is 1. The van der Waals surface area contributed by atoms with Crippen molar-refractivity contribution in [1.29, 1.82) is 0 Å². The quantitative estimate of drug-likeness (QED) is 0.825. The first kappa shape index (κ1) is 14.4. The molecule has 0 aliphatic heterocycles. The van der Waals surface area contributed by atoms with Crippen LogP contribution in [0.25, 0.3) is 0 Å². The standard InChI is InChI=1S/C15H14BrNO3/c16-10-20-13-7-5-11(6-8-13)15(19)17-9-12-3-1-2-4-14(12)18/h1-8,18H,9-10H2,(H,17,19). The van der Waals surface area contributed by atoms with E-state index in [0.29, 0.717) is 22.4 Å². The van der Waals surface area contributed by atoms with Crippen molar-refractivity contribution in [3.8, 4) is 11.5 Å². The number of rotatable bonds is 5. The highest BCUT2D eigenvalue weighted by molar-refractivity contribution is 9.09. The van der Waals surface area contributed by atoms with Gasteiger partial charge in [0.05, 0.1) is 0 Å². The molecule has 0 aliphatic carbocycles. The molecule has 0 heterocycles. The second-order valence-corrected chi connectivity index (χ2v) is 4.55. The summed E-state index contributed by atoms with van der Waals surface area (Å²) < 4.78 is 5.24. The van der Waals surface area contributed by atoms with Gasteiger partial charge in [-0.15, -0.1) is 0 Å². The van der Waals surface area contributed by atoms with Gasteiger partial charge in [-0.3, -0.25) is 4.79 Å². The van der Waals surface area contributed by atoms with Crippen LogP contribution in [-0.2, 0) is 6.54 Å². The molecule has 1 amide bonds. The molecular weight excluding hydrogens is 322 g/mol. The molecule has 2 N–H and O–H groups in total. The number of carbonyl (C=O) groups excluding carboxylic acids is 1. The maximum atomic E-state index is 12.0. The number of phenols is 1. The number of phenolic OH excluding ortho intramolecular Hbond substituents is 1. The number of ether oxygens (including phenoxy) is 1. The van der Waals surface area contributed by atoms with Crippen molar-refractivity contribution < 1.29 is 14.6 Å². The molecular formula is C15H14BrNO3. The van der Waals surface area contributed by atoms with Crippen LogP contribution in [0.5, 0.6) is 11.5 Å². The van der Waals surface area contributed by atoms with E-state index in [1.165, 1.54) is 0 Å². The molecule has 4 nitrogen and oxygen atoms in total. The van der Waals surface area contributed by atoms with E-state index in [0.717, 1.165) is 0 Å². The molecule has 0 bridgehead atoms. The minimum absolute atomic E-state index is 0.175. The average Bonchev–Trinajstić information content (AvgIpc) is 2.47. The summed E-state index contributed by atoms with van der Waals surface area (Å²) in [5.41, 5.74) is 1.63. The molecule has 20 heavy (non-hydrogen) atoms. The van der Waals surface area contributed by atoms with Gasteiger partial charge in [-0.2, -0.15) is 0 Å². The summed E-state index contributed by atoms with van der Waals surface area (Å²) in [6, 6.07) is 13.8. The Morgan fingerprint density at radius 1 is 1.15 bits per heavy atom. The van der Waals surface area contributed by atoms with E-state index in [-0.39, 0.29) is 18.2 Å². The van der Waals surface area contributed by atoms with Crippen LogP contribution >= 0.6 is 15.9 Å². The highest BCUT2D eigenvalue weighted by Crippen LogP contribution is 2.16. The minimum atomic E-state index is -0.196. The third-order valence-electron chi connectivity index (χ3n) is 2.77. The van der Waals surface area contributed by atoms with Crippen LogP contribution < -0.4 is 10.1 Å². The van der Waals surface area contributed by atoms with Crippen molar-refractivity contribution in [2.45, 2.75) is 6.54 Å². The van der Waals surface area contributed by atoms with Gasteiger partial charge >= 0.3 is 0 Å². The molecule has 2 rings (SSSR count). The first-order chi connectivity index (χ1) is 9.70. The van der Waals surface area contributed by atoms with Crippen LogP contribution in [0.2, 0.25) is 0 Å². The Morgan fingerprint density at radius 3 is 2.50 bits per heavy atom. The van der Waals surface area contributed by atoms with Gasteiger partial charge in [0.1, 0.15) is 17.0 Å². The van der Waals surface area contributed by atoms with Gasteiger partial charge in [0, 0.05) is 17.7 Å². The Morgan fingerprint density at radius 2 is 1.85 bits per heavy atom. The molecule has 0 saturated heterocycles. The van der Waals surface area contributed by atoms with Gasteiger partial charge in [0.25, 0.3) is 5.91 Å². The van der Waals surface area contributed by atoms with Gasteiger partial charge in [0.15, 0.2) is 0 Å². The number of alkyl halides is 1. The Balaban J connectivity index is 1.96. The molecule has 0 fully saturated rings. The van der Waals surface area contributed by atoms with Crippen molar-refractivity contribution in [2.24, 2.45) is 0 Å². The van der Waals surface area contributed by atoms with Crippen LogP contribution in [0.1, 0.15) is 15.9 Å². The van der Waals surface area contributed by atoms with E-state index in [9.17, 15) is 9.90 Å². The lowest BCUT2D eigenvalue weighted by Crippen LogP contribution is -2.22. The lowest BCUT2D eigenvalue weighted by Gasteiger charge is -2.07. The van der Waals surface area contributed by atoms with Crippen molar-refractivity contribution in [3.63, 3.8) is 0 Å². The fraction of sp³-hybridized carbons (Fsp3) is 0.133. The number of halogens is 1. The minimum Gasteiger partial charge on any atom is -0.508 e. The molecule has 2 aromatic carbocycles. The number of benzene rings is 2. The number of carbonyl (C=O) groups is 1. The molecule has 0 aliphatic rings. The Hall–Kier alpha value is -2.01. The highest BCUT2D eigenvalue weighted by Gasteiger charge is 2.07. The average molecular weight is 336 g/mol. The van der Waals surface area contributed by atoms with E-state index in [2.05, 4.69) is 21.2 Å². The summed E-state index contributed by atoms with van der Waals surface area (Å²) in [6.45, 7) is 0.283. The van der Waals surface area contributed by atoms with E-state index in [1.807, 2.05) is 6.07 Å². The zero-order chi connectivity index (χ0) is 14.4. The summed E-state index contributed by atoms with van der Waals surface area (Å²) in [6.07, 6.45) is 0. The van der Waals surface area contributed by atoms with Crippen LogP contribution in [0.3, 0.4) is 0 Å². The molecule has 0 saturated carbocycles. The Bertz CT molecular complexity index is 584. The maximum Gasteiger partial charge on any atom is 0.251 e. The van der Waals surface area contributed by atoms with E-state index < -0.39 is 0 Å². The first-order valence-electron chi connectivity index (χ1n) is 6.04. The topological polar surface area (TPSA) is 58.6 Å². The van der Waals surface area contributed by atoms with Gasteiger partial charge in [0.2, 0.25) is 0 Å². The number of hydrogen-bond acceptors (Lipinski definition) is 3. The molecule has 0 unspecified atom stereocenters. The monoisotopic (exact) mass is 335 g/mol. The lowest BCUT2D eigenvalue weighted by atomic mass is 10.1. The predicted octanol–water partition coefficient (Wildman–Crippen LogP) is 3.05. The smallest absolute Gasteiger partial charge is 0.251 e. The Labute approximate surface area is 125 Å². The van der Waals surface area contributed by atoms with Gasteiger partial charge < -0.3 is 15.2 Å². The predicted molar refractivity (Wildman–Crippen MR) is 80.1 cm³/mol. The fourth-order valence-corrected chi connectivity index (χ4v) is 1.97. The Kier molecular flexibility index (Phi) is 5.01. The highest BCUT2D eigenvalue weighted by atomic mass is 79.9. The number of nitrogens with one attached hydrogen (secondary N) is 1. The van der Waals surface area contributed by atoms with Crippen LogP contribution in [0.15, 0.2) is 48.5 Å². The number of hydrogen-bond donors (Lipinski definition) is 2. The lowest BCUT2D eigenvalue weighted by molar-refractivity contribution is 0.0950. The molecule has 0 aromatic heterocycles. The second kappa shape index (κ2) is 6.96. The number of amides is 1. The van der Waals surface area contributed by atoms with Gasteiger partial charge in [-0.25, -0.2) is 0 Å². The summed E-state index contributed by atoms with van der Waals surface area (Å²) in [4.78, 5) is 12.0. The molecule has 0 radical (unpaired) electrons. The van der Waals surface area contributed by atoms with Crippen LogP contribution in [0, 0.1) is 0 Å². The number of para-hydroxylation sites is 1. The van der Waals surface area contributed by atoms with E-state index in [4.69, 9.17) is 4.74 Å². The van der Waals surface area contributed by atoms with Crippen molar-refractivity contribution in [1.82, 2.24) is 5.32 Å². The summed E-state index contributed by atoms with van der Waals surface area (Å²) in [5, 5.41) is 12.4. The van der Waals surface area contributed by atoms with Crippen LogP contribution in [-0.4, -0.2) is 16.5 Å². The SMILES string of the molecule is O=C(NCc1ccccc1O)c1ccc(OCBr)cc1. The van der Waals surface area contributed by atoms with Crippen molar-refractivity contribution in [2.75, 3.05) is 5.52 Å². The molecule has 0 atom stereocenters.